The van der Waals surface area contributed by atoms with Crippen LogP contribution in [-0.4, -0.2) is 61.7 Å². The smallest absolute Gasteiger partial charge is 0.0226 e. The quantitative estimate of drug-likeness (QED) is 0.818. The summed E-state index contributed by atoms with van der Waals surface area (Å²) in [5.74, 6) is 0.909. The van der Waals surface area contributed by atoms with Crippen molar-refractivity contribution in [2.75, 3.05) is 39.8 Å². The van der Waals surface area contributed by atoms with Gasteiger partial charge in [0, 0.05) is 25.2 Å². The summed E-state index contributed by atoms with van der Waals surface area (Å²) in [4.78, 5) is 5.41. The third kappa shape index (κ3) is 3.25. The van der Waals surface area contributed by atoms with Gasteiger partial charge >= 0.3 is 0 Å². The molecule has 3 rings (SSSR count). The highest BCUT2D eigenvalue weighted by Gasteiger charge is 2.36. The minimum Gasteiger partial charge on any atom is -0.316 e. The van der Waals surface area contributed by atoms with E-state index in [1.54, 1.807) is 0 Å². The van der Waals surface area contributed by atoms with Gasteiger partial charge in [-0.15, -0.1) is 0 Å². The number of hydrogen-bond donors (Lipinski definition) is 1. The average Bonchev–Trinajstić information content (AvgIpc) is 3.21. The summed E-state index contributed by atoms with van der Waals surface area (Å²) in [5, 5.41) is 3.57. The van der Waals surface area contributed by atoms with Crippen LogP contribution in [0.5, 0.6) is 0 Å². The number of likely N-dealkylation sites (tertiary alicyclic amines) is 1. The van der Waals surface area contributed by atoms with E-state index in [1.807, 2.05) is 0 Å². The monoisotopic (exact) mass is 251 g/mol. The molecule has 0 radical (unpaired) electrons. The van der Waals surface area contributed by atoms with Crippen LogP contribution in [0.15, 0.2) is 0 Å². The molecule has 0 amide bonds. The Labute approximate surface area is 112 Å². The molecule has 1 saturated carbocycles. The summed E-state index contributed by atoms with van der Waals surface area (Å²) in [6.07, 6.45) is 8.57. The van der Waals surface area contributed by atoms with Crippen molar-refractivity contribution in [3.63, 3.8) is 0 Å². The Morgan fingerprint density at radius 1 is 1.11 bits per heavy atom. The van der Waals surface area contributed by atoms with E-state index in [0.717, 1.165) is 18.0 Å². The van der Waals surface area contributed by atoms with Gasteiger partial charge in [0.1, 0.15) is 0 Å². The minimum absolute atomic E-state index is 0.846. The van der Waals surface area contributed by atoms with E-state index in [0.29, 0.717) is 0 Å². The van der Waals surface area contributed by atoms with Crippen molar-refractivity contribution >= 4 is 0 Å². The van der Waals surface area contributed by atoms with Crippen LogP contribution in [0.25, 0.3) is 0 Å². The first-order valence-corrected chi connectivity index (χ1v) is 7.98. The van der Waals surface area contributed by atoms with Crippen molar-refractivity contribution in [3.05, 3.63) is 0 Å². The second-order valence-electron chi connectivity index (χ2n) is 6.70. The van der Waals surface area contributed by atoms with Crippen LogP contribution in [-0.2, 0) is 0 Å². The molecule has 18 heavy (non-hydrogen) atoms. The maximum absolute atomic E-state index is 3.57. The summed E-state index contributed by atoms with van der Waals surface area (Å²) in [7, 11) is 2.29. The number of nitrogens with one attached hydrogen (secondary N) is 1. The SMILES string of the molecule is CN1CCCC(N(CC2CCCNC2)C2CC2)C1. The van der Waals surface area contributed by atoms with E-state index in [9.17, 15) is 0 Å². The molecule has 104 valence electrons. The molecule has 3 aliphatic rings. The van der Waals surface area contributed by atoms with E-state index in [4.69, 9.17) is 0 Å². The molecule has 0 bridgehead atoms. The molecule has 2 atom stereocenters. The summed E-state index contributed by atoms with van der Waals surface area (Å²) in [6.45, 7) is 6.46. The molecule has 0 aromatic rings. The Hall–Kier alpha value is -0.120. The zero-order valence-electron chi connectivity index (χ0n) is 11.9. The zero-order valence-corrected chi connectivity index (χ0v) is 11.9. The van der Waals surface area contributed by atoms with E-state index < -0.39 is 0 Å². The first kappa shape index (κ1) is 12.9. The molecule has 0 aromatic carbocycles. The highest BCUT2D eigenvalue weighted by atomic mass is 15.3. The summed E-state index contributed by atoms with van der Waals surface area (Å²) in [6, 6.07) is 1.78. The number of hydrogen-bond acceptors (Lipinski definition) is 3. The van der Waals surface area contributed by atoms with Crippen LogP contribution in [0, 0.1) is 5.92 Å². The fourth-order valence-corrected chi connectivity index (χ4v) is 3.79. The van der Waals surface area contributed by atoms with Crippen LogP contribution in [0.3, 0.4) is 0 Å². The maximum Gasteiger partial charge on any atom is 0.0226 e. The molecule has 3 nitrogen and oxygen atoms in total. The Balaban J connectivity index is 1.56. The summed E-state index contributed by atoms with van der Waals surface area (Å²) >= 11 is 0. The van der Waals surface area contributed by atoms with Gasteiger partial charge < -0.3 is 10.2 Å². The van der Waals surface area contributed by atoms with Gasteiger partial charge in [-0.2, -0.15) is 0 Å². The Morgan fingerprint density at radius 2 is 2.00 bits per heavy atom. The summed E-state index contributed by atoms with van der Waals surface area (Å²) in [5.41, 5.74) is 0. The number of nitrogens with zero attached hydrogens (tertiary/aromatic N) is 2. The molecule has 0 spiro atoms. The standard InChI is InChI=1S/C15H29N3/c1-17-9-3-5-15(12-17)18(14-6-7-14)11-13-4-2-8-16-10-13/h13-16H,2-12H2,1H3. The van der Waals surface area contributed by atoms with Crippen molar-refractivity contribution in [2.24, 2.45) is 5.92 Å². The maximum atomic E-state index is 3.57. The van der Waals surface area contributed by atoms with Crippen molar-refractivity contribution in [2.45, 2.75) is 50.6 Å². The first-order chi connectivity index (χ1) is 8.83. The molecule has 1 aliphatic carbocycles. The van der Waals surface area contributed by atoms with Crippen molar-refractivity contribution in [1.82, 2.24) is 15.1 Å². The molecular formula is C15H29N3. The minimum atomic E-state index is 0.846. The number of rotatable bonds is 4. The van der Waals surface area contributed by atoms with Gasteiger partial charge in [0.05, 0.1) is 0 Å². The topological polar surface area (TPSA) is 18.5 Å². The molecule has 2 unspecified atom stereocenters. The van der Waals surface area contributed by atoms with Crippen LogP contribution in [0.1, 0.15) is 38.5 Å². The van der Waals surface area contributed by atoms with Gasteiger partial charge in [-0.25, -0.2) is 0 Å². The lowest BCUT2D eigenvalue weighted by atomic mass is 9.96. The van der Waals surface area contributed by atoms with Crippen LogP contribution in [0.4, 0.5) is 0 Å². The van der Waals surface area contributed by atoms with Crippen molar-refractivity contribution in [3.8, 4) is 0 Å². The average molecular weight is 251 g/mol. The zero-order chi connectivity index (χ0) is 12.4. The fraction of sp³-hybridized carbons (Fsp3) is 1.00. The Kier molecular flexibility index (Phi) is 4.22. The van der Waals surface area contributed by atoms with Gasteiger partial charge in [-0.05, 0) is 71.1 Å². The number of likely N-dealkylation sites (N-methyl/N-ethyl adjacent to an activating group) is 1. The van der Waals surface area contributed by atoms with Gasteiger partial charge in [0.15, 0.2) is 0 Å². The molecule has 3 heteroatoms. The molecule has 1 N–H and O–H groups in total. The molecular weight excluding hydrogens is 222 g/mol. The third-order valence-electron chi connectivity index (χ3n) is 4.95. The highest BCUT2D eigenvalue weighted by Crippen LogP contribution is 2.32. The Morgan fingerprint density at radius 3 is 2.67 bits per heavy atom. The lowest BCUT2D eigenvalue weighted by Gasteiger charge is -2.40. The van der Waals surface area contributed by atoms with Crippen molar-refractivity contribution < 1.29 is 0 Å². The van der Waals surface area contributed by atoms with Crippen LogP contribution < -0.4 is 5.32 Å². The van der Waals surface area contributed by atoms with Crippen LogP contribution >= 0.6 is 0 Å². The molecule has 2 aliphatic heterocycles. The molecule has 2 heterocycles. The molecule has 2 saturated heterocycles. The van der Waals surface area contributed by atoms with E-state index >= 15 is 0 Å². The number of piperidine rings is 2. The summed E-state index contributed by atoms with van der Waals surface area (Å²) < 4.78 is 0. The van der Waals surface area contributed by atoms with Crippen LogP contribution in [0.2, 0.25) is 0 Å². The van der Waals surface area contributed by atoms with Gasteiger partial charge in [-0.1, -0.05) is 0 Å². The predicted octanol–water partition coefficient (Wildman–Crippen LogP) is 1.54. The van der Waals surface area contributed by atoms with E-state index in [-0.39, 0.29) is 0 Å². The van der Waals surface area contributed by atoms with E-state index in [2.05, 4.69) is 22.2 Å². The lowest BCUT2D eigenvalue weighted by molar-refractivity contribution is 0.0851. The largest absolute Gasteiger partial charge is 0.316 e. The molecule has 3 fully saturated rings. The fourth-order valence-electron chi connectivity index (χ4n) is 3.79. The third-order valence-corrected chi connectivity index (χ3v) is 4.95. The second-order valence-corrected chi connectivity index (χ2v) is 6.70. The second kappa shape index (κ2) is 5.89. The van der Waals surface area contributed by atoms with Gasteiger partial charge in [-0.3, -0.25) is 4.90 Å². The highest BCUT2D eigenvalue weighted by molar-refractivity contribution is 4.92. The van der Waals surface area contributed by atoms with Gasteiger partial charge in [0.2, 0.25) is 0 Å². The van der Waals surface area contributed by atoms with E-state index in [1.165, 1.54) is 71.2 Å². The predicted molar refractivity (Wildman–Crippen MR) is 75.8 cm³/mol. The Bertz CT molecular complexity index is 258. The van der Waals surface area contributed by atoms with Crippen molar-refractivity contribution in [1.29, 1.82) is 0 Å². The molecule has 0 aromatic heterocycles. The van der Waals surface area contributed by atoms with Gasteiger partial charge in [0.25, 0.3) is 0 Å². The first-order valence-electron chi connectivity index (χ1n) is 7.98. The normalized spacial score (nSPS) is 35.0. The lowest BCUT2D eigenvalue weighted by Crippen LogP contribution is -2.50.